The van der Waals surface area contributed by atoms with Gasteiger partial charge >= 0.3 is 0 Å². The van der Waals surface area contributed by atoms with Crippen LogP contribution in [0.4, 0.5) is 0 Å². The summed E-state index contributed by atoms with van der Waals surface area (Å²) in [5.74, 6) is 0.494. The summed E-state index contributed by atoms with van der Waals surface area (Å²) >= 11 is 0. The first-order valence-corrected chi connectivity index (χ1v) is 12.5. The minimum absolute atomic E-state index is 0.153. The molecule has 3 aromatic carbocycles. The number of hydrogen-bond donors (Lipinski definition) is 1. The molecule has 0 unspecified atom stereocenters. The first kappa shape index (κ1) is 24.6. The van der Waals surface area contributed by atoms with E-state index in [2.05, 4.69) is 15.5 Å². The lowest BCUT2D eigenvalue weighted by Gasteiger charge is -2.24. The lowest BCUT2D eigenvalue weighted by Crippen LogP contribution is -2.42. The third kappa shape index (κ3) is 5.29. The van der Waals surface area contributed by atoms with E-state index >= 15 is 0 Å². The van der Waals surface area contributed by atoms with Crippen molar-refractivity contribution < 1.29 is 22.8 Å². The van der Waals surface area contributed by atoms with Gasteiger partial charge in [-0.3, -0.25) is 9.63 Å². The number of rotatable bonds is 9. The third-order valence-corrected chi connectivity index (χ3v) is 7.95. The van der Waals surface area contributed by atoms with Gasteiger partial charge in [-0.2, -0.15) is 15.0 Å². The number of amides is 1. The lowest BCUT2D eigenvalue weighted by atomic mass is 10.1. The van der Waals surface area contributed by atoms with Crippen LogP contribution in [0.15, 0.2) is 70.7 Å². The van der Waals surface area contributed by atoms with E-state index in [-0.39, 0.29) is 10.8 Å². The predicted octanol–water partition coefficient (Wildman–Crippen LogP) is 2.75. The van der Waals surface area contributed by atoms with Gasteiger partial charge in [-0.1, -0.05) is 30.3 Å². The van der Waals surface area contributed by atoms with E-state index in [4.69, 9.17) is 4.74 Å². The molecule has 1 amide bonds. The van der Waals surface area contributed by atoms with Gasteiger partial charge in [0.15, 0.2) is 0 Å². The van der Waals surface area contributed by atoms with Gasteiger partial charge in [-0.15, -0.1) is 0 Å². The maximum atomic E-state index is 13.4. The smallest absolute Gasteiger partial charge is 0.243 e. The Morgan fingerprint density at radius 3 is 2.66 bits per heavy atom. The molecule has 3 aromatic rings. The fourth-order valence-electron chi connectivity index (χ4n) is 4.19. The lowest BCUT2D eigenvalue weighted by molar-refractivity contribution is -0.131. The van der Waals surface area contributed by atoms with Gasteiger partial charge < -0.3 is 9.64 Å². The van der Waals surface area contributed by atoms with Crippen molar-refractivity contribution in [2.45, 2.75) is 23.9 Å². The highest BCUT2D eigenvalue weighted by Crippen LogP contribution is 2.28. The number of fused-ring (bicyclic) bond motifs is 1. The molecule has 1 N–H and O–H groups in total. The number of hydrazone groups is 1. The van der Waals surface area contributed by atoms with E-state index in [0.29, 0.717) is 25.3 Å². The van der Waals surface area contributed by atoms with Crippen LogP contribution in [0.5, 0.6) is 5.75 Å². The van der Waals surface area contributed by atoms with E-state index in [1.54, 1.807) is 42.5 Å². The first-order valence-electron chi connectivity index (χ1n) is 11.1. The van der Waals surface area contributed by atoms with Gasteiger partial charge in [0, 0.05) is 20.1 Å². The molecule has 184 valence electrons. The Hall–Kier alpha value is -3.47. The molecule has 1 atom stereocenters. The third-order valence-electron chi connectivity index (χ3n) is 6.09. The Balaban J connectivity index is 1.48. The molecule has 1 aliphatic heterocycles. The zero-order valence-corrected chi connectivity index (χ0v) is 20.7. The van der Waals surface area contributed by atoms with E-state index in [1.165, 1.54) is 18.5 Å². The molecule has 1 saturated heterocycles. The van der Waals surface area contributed by atoms with Crippen molar-refractivity contribution in [1.82, 2.24) is 14.8 Å². The summed E-state index contributed by atoms with van der Waals surface area (Å²) in [6, 6.07) is 17.3. The molecule has 0 aromatic heterocycles. The van der Waals surface area contributed by atoms with Crippen molar-refractivity contribution in [3.63, 3.8) is 0 Å². The van der Waals surface area contributed by atoms with Crippen LogP contribution in [0, 0.1) is 0 Å². The van der Waals surface area contributed by atoms with E-state index < -0.39 is 16.1 Å². The normalized spacial score (nSPS) is 16.5. The summed E-state index contributed by atoms with van der Waals surface area (Å²) in [7, 11) is 0.667. The number of benzene rings is 3. The van der Waals surface area contributed by atoms with Gasteiger partial charge in [0.2, 0.25) is 15.9 Å². The topological polar surface area (TPSA) is 101 Å². The number of nitrogens with one attached hydrogen (secondary N) is 1. The van der Waals surface area contributed by atoms with Crippen molar-refractivity contribution in [3.05, 3.63) is 71.8 Å². The number of methoxy groups -OCH3 is 1. The fraction of sp³-hybridized carbons (Fsp3) is 0.280. The standard InChI is InChI=1S/C25H28N4O5S/c1-28(35(31,32)23-10-8-20-14-22(33-2)9-7-21(20)15-23)24-11-12-29(25(24)30)17-19-6-4-5-18(13-19)16-26-27-34-3/h4-10,13-16,24,27H,11-12,17H2,1-3H3/t24-/m0/s1. The van der Waals surface area contributed by atoms with Crippen molar-refractivity contribution in [1.29, 1.82) is 0 Å². The number of nitrogens with zero attached hydrogens (tertiary/aromatic N) is 3. The Kier molecular flexibility index (Phi) is 7.34. The molecule has 4 rings (SSSR count). The van der Waals surface area contributed by atoms with Gasteiger partial charge in [-0.05, 0) is 58.7 Å². The Bertz CT molecular complexity index is 1360. The average Bonchev–Trinajstić information content (AvgIpc) is 3.22. The van der Waals surface area contributed by atoms with Gasteiger partial charge in [-0.25, -0.2) is 8.42 Å². The molecule has 1 aliphatic rings. The SMILES string of the molecule is CONN=Cc1cccc(CN2CC[C@H](N(C)S(=O)(=O)c3ccc4cc(OC)ccc4c3)C2=O)c1. The molecular formula is C25H28N4O5S. The largest absolute Gasteiger partial charge is 0.497 e. The molecule has 0 aliphatic carbocycles. The molecule has 9 nitrogen and oxygen atoms in total. The van der Waals surface area contributed by atoms with Crippen LogP contribution in [-0.4, -0.2) is 63.6 Å². The molecule has 0 bridgehead atoms. The van der Waals surface area contributed by atoms with Crippen molar-refractivity contribution >= 4 is 32.9 Å². The minimum atomic E-state index is -3.86. The maximum Gasteiger partial charge on any atom is 0.243 e. The summed E-state index contributed by atoms with van der Waals surface area (Å²) in [4.78, 5) is 19.7. The number of ether oxygens (including phenoxy) is 1. The second kappa shape index (κ2) is 10.4. The summed E-state index contributed by atoms with van der Waals surface area (Å²) in [6.45, 7) is 0.866. The first-order chi connectivity index (χ1) is 16.8. The van der Waals surface area contributed by atoms with Crippen molar-refractivity contribution in [3.8, 4) is 5.75 Å². The zero-order valence-electron chi connectivity index (χ0n) is 19.8. The van der Waals surface area contributed by atoms with Gasteiger partial charge in [0.25, 0.3) is 0 Å². The van der Waals surface area contributed by atoms with Crippen LogP contribution >= 0.6 is 0 Å². The molecular weight excluding hydrogens is 468 g/mol. The Labute approximate surface area is 204 Å². The highest BCUT2D eigenvalue weighted by Gasteiger charge is 2.39. The number of carbonyl (C=O) groups is 1. The van der Waals surface area contributed by atoms with Crippen molar-refractivity contribution in [2.24, 2.45) is 5.10 Å². The van der Waals surface area contributed by atoms with Crippen LogP contribution in [0.2, 0.25) is 0 Å². The highest BCUT2D eigenvalue weighted by molar-refractivity contribution is 7.89. The summed E-state index contributed by atoms with van der Waals surface area (Å²) in [5.41, 5.74) is 4.17. The van der Waals surface area contributed by atoms with E-state index in [1.807, 2.05) is 36.4 Å². The molecule has 0 spiro atoms. The van der Waals surface area contributed by atoms with Crippen LogP contribution in [0.3, 0.4) is 0 Å². The second-order valence-electron chi connectivity index (χ2n) is 8.26. The van der Waals surface area contributed by atoms with Crippen LogP contribution in [0.25, 0.3) is 10.8 Å². The van der Waals surface area contributed by atoms with Crippen LogP contribution in [0.1, 0.15) is 17.5 Å². The second-order valence-corrected chi connectivity index (χ2v) is 10.3. The number of hydrogen-bond acceptors (Lipinski definition) is 7. The predicted molar refractivity (Wildman–Crippen MR) is 133 cm³/mol. The molecule has 0 saturated carbocycles. The number of carbonyl (C=O) groups excluding carboxylic acids is 1. The monoisotopic (exact) mass is 496 g/mol. The molecule has 1 fully saturated rings. The van der Waals surface area contributed by atoms with Crippen molar-refractivity contribution in [2.75, 3.05) is 27.8 Å². The van der Waals surface area contributed by atoms with E-state index in [0.717, 1.165) is 21.9 Å². The molecule has 0 radical (unpaired) electrons. The summed E-state index contributed by atoms with van der Waals surface area (Å²) < 4.78 is 33.2. The quantitative estimate of drug-likeness (QED) is 0.361. The zero-order chi connectivity index (χ0) is 25.0. The highest BCUT2D eigenvalue weighted by atomic mass is 32.2. The molecule has 1 heterocycles. The van der Waals surface area contributed by atoms with Crippen LogP contribution < -0.4 is 10.3 Å². The molecule has 35 heavy (non-hydrogen) atoms. The molecule has 10 heteroatoms. The summed E-state index contributed by atoms with van der Waals surface area (Å²) in [6.07, 6.45) is 2.04. The number of likely N-dealkylation sites (tertiary alicyclic amines) is 1. The fourth-order valence-corrected chi connectivity index (χ4v) is 5.56. The van der Waals surface area contributed by atoms with Crippen LogP contribution in [-0.2, 0) is 26.2 Å². The average molecular weight is 497 g/mol. The van der Waals surface area contributed by atoms with E-state index in [9.17, 15) is 13.2 Å². The van der Waals surface area contributed by atoms with Gasteiger partial charge in [0.1, 0.15) is 11.8 Å². The number of likely N-dealkylation sites (N-methyl/N-ethyl adjacent to an activating group) is 1. The maximum absolute atomic E-state index is 13.4. The summed E-state index contributed by atoms with van der Waals surface area (Å²) in [5, 5.41) is 5.56. The Morgan fingerprint density at radius 2 is 1.89 bits per heavy atom. The number of sulfonamides is 1. The Morgan fingerprint density at radius 1 is 1.11 bits per heavy atom. The minimum Gasteiger partial charge on any atom is -0.497 e. The van der Waals surface area contributed by atoms with Gasteiger partial charge in [0.05, 0.1) is 25.3 Å².